The van der Waals surface area contributed by atoms with E-state index in [1.807, 2.05) is 13.8 Å². The first-order chi connectivity index (χ1) is 8.99. The third kappa shape index (κ3) is 3.65. The van der Waals surface area contributed by atoms with Crippen LogP contribution in [0, 0.1) is 10.1 Å². The molecule has 6 heteroatoms. The van der Waals surface area contributed by atoms with E-state index in [0.29, 0.717) is 10.6 Å². The molecule has 0 radical (unpaired) electrons. The van der Waals surface area contributed by atoms with Crippen LogP contribution in [0.2, 0.25) is 5.02 Å². The van der Waals surface area contributed by atoms with Crippen LogP contribution in [0.5, 0.6) is 0 Å². The van der Waals surface area contributed by atoms with Gasteiger partial charge in [0, 0.05) is 18.2 Å². The Morgan fingerprint density at radius 3 is 2.53 bits per heavy atom. The summed E-state index contributed by atoms with van der Waals surface area (Å²) in [5.41, 5.74) is 0.0282. The second kappa shape index (κ2) is 6.84. The second-order valence-corrected chi connectivity index (χ2v) is 4.90. The van der Waals surface area contributed by atoms with Gasteiger partial charge in [0.1, 0.15) is 0 Å². The van der Waals surface area contributed by atoms with Crippen molar-refractivity contribution >= 4 is 17.3 Å². The van der Waals surface area contributed by atoms with Crippen molar-refractivity contribution in [2.45, 2.75) is 38.8 Å². The molecule has 106 valence electrons. The minimum Gasteiger partial charge on any atom is -0.394 e. The number of benzene rings is 1. The van der Waals surface area contributed by atoms with Gasteiger partial charge in [-0.15, -0.1) is 0 Å². The zero-order chi connectivity index (χ0) is 14.5. The molecule has 0 aliphatic rings. The molecular formula is C13H19ClN2O3. The van der Waals surface area contributed by atoms with Gasteiger partial charge in [0.25, 0.3) is 5.69 Å². The van der Waals surface area contributed by atoms with Gasteiger partial charge in [0.15, 0.2) is 0 Å². The van der Waals surface area contributed by atoms with Crippen LogP contribution >= 0.6 is 11.6 Å². The zero-order valence-corrected chi connectivity index (χ0v) is 11.9. The van der Waals surface area contributed by atoms with Gasteiger partial charge in [0.05, 0.1) is 22.1 Å². The van der Waals surface area contributed by atoms with E-state index in [1.165, 1.54) is 6.07 Å². The van der Waals surface area contributed by atoms with Crippen LogP contribution < -0.4 is 5.32 Å². The van der Waals surface area contributed by atoms with Gasteiger partial charge in [-0.1, -0.05) is 31.5 Å². The molecule has 0 bridgehead atoms. The van der Waals surface area contributed by atoms with Crippen molar-refractivity contribution in [2.75, 3.05) is 6.61 Å². The molecule has 1 rings (SSSR count). The molecule has 0 aliphatic heterocycles. The van der Waals surface area contributed by atoms with Gasteiger partial charge in [-0.2, -0.15) is 0 Å². The fourth-order valence-electron chi connectivity index (χ4n) is 1.95. The molecule has 1 aromatic rings. The van der Waals surface area contributed by atoms with Crippen molar-refractivity contribution in [3.63, 3.8) is 0 Å². The number of nitrogens with zero attached hydrogens (tertiary/aromatic N) is 1. The molecule has 0 heterocycles. The minimum absolute atomic E-state index is 0.000883. The molecule has 19 heavy (non-hydrogen) atoms. The van der Waals surface area contributed by atoms with E-state index in [-0.39, 0.29) is 18.8 Å². The quantitative estimate of drug-likeness (QED) is 0.597. The van der Waals surface area contributed by atoms with Gasteiger partial charge in [-0.05, 0) is 18.9 Å². The maximum Gasteiger partial charge on any atom is 0.275 e. The van der Waals surface area contributed by atoms with E-state index < -0.39 is 10.5 Å². The number of hydrogen-bond acceptors (Lipinski definition) is 4. The summed E-state index contributed by atoms with van der Waals surface area (Å²) < 4.78 is 0. The number of halogens is 1. The first kappa shape index (κ1) is 15.9. The monoisotopic (exact) mass is 286 g/mol. The maximum atomic E-state index is 11.0. The van der Waals surface area contributed by atoms with Crippen molar-refractivity contribution in [1.29, 1.82) is 0 Å². The Morgan fingerprint density at radius 1 is 1.42 bits per heavy atom. The van der Waals surface area contributed by atoms with E-state index >= 15 is 0 Å². The van der Waals surface area contributed by atoms with Crippen molar-refractivity contribution in [1.82, 2.24) is 5.32 Å². The van der Waals surface area contributed by atoms with E-state index in [1.54, 1.807) is 12.1 Å². The third-order valence-corrected chi connectivity index (χ3v) is 3.94. The highest BCUT2D eigenvalue weighted by Gasteiger charge is 2.26. The number of hydrogen-bond donors (Lipinski definition) is 2. The molecule has 5 nitrogen and oxygen atoms in total. The van der Waals surface area contributed by atoms with Crippen molar-refractivity contribution in [3.8, 4) is 0 Å². The number of aliphatic hydroxyl groups is 1. The molecule has 0 saturated carbocycles. The molecule has 1 aromatic carbocycles. The average molecular weight is 287 g/mol. The van der Waals surface area contributed by atoms with Gasteiger partial charge in [-0.25, -0.2) is 0 Å². The van der Waals surface area contributed by atoms with Crippen LogP contribution in [-0.2, 0) is 6.54 Å². The van der Waals surface area contributed by atoms with Crippen LogP contribution in [0.15, 0.2) is 18.2 Å². The van der Waals surface area contributed by atoms with Crippen LogP contribution in [0.25, 0.3) is 0 Å². The lowest BCUT2D eigenvalue weighted by Gasteiger charge is -2.31. The molecule has 0 unspecified atom stereocenters. The Morgan fingerprint density at radius 2 is 2.05 bits per heavy atom. The van der Waals surface area contributed by atoms with E-state index in [0.717, 1.165) is 12.8 Å². The topological polar surface area (TPSA) is 75.4 Å². The van der Waals surface area contributed by atoms with Gasteiger partial charge < -0.3 is 10.4 Å². The molecular weight excluding hydrogens is 268 g/mol. The molecule has 0 spiro atoms. The van der Waals surface area contributed by atoms with Crippen LogP contribution in [0.1, 0.15) is 32.3 Å². The Labute approximate surface area is 117 Å². The van der Waals surface area contributed by atoms with Crippen molar-refractivity contribution < 1.29 is 10.0 Å². The number of rotatable bonds is 7. The Bertz CT molecular complexity index is 439. The standard InChI is InChI=1S/C13H19ClN2O3/c1-3-13(4-2,9-17)15-8-10-11(14)6-5-7-12(10)16(18)19/h5-7,15,17H,3-4,8-9H2,1-2H3. The fourth-order valence-corrected chi connectivity index (χ4v) is 2.19. The predicted molar refractivity (Wildman–Crippen MR) is 75.3 cm³/mol. The van der Waals surface area contributed by atoms with Crippen LogP contribution in [-0.4, -0.2) is 22.2 Å². The van der Waals surface area contributed by atoms with Crippen LogP contribution in [0.3, 0.4) is 0 Å². The highest BCUT2D eigenvalue weighted by Crippen LogP contribution is 2.27. The summed E-state index contributed by atoms with van der Waals surface area (Å²) in [5.74, 6) is 0. The highest BCUT2D eigenvalue weighted by atomic mass is 35.5. The summed E-state index contributed by atoms with van der Waals surface area (Å²) in [6, 6.07) is 4.62. The molecule has 0 aliphatic carbocycles. The summed E-state index contributed by atoms with van der Waals surface area (Å²) in [5, 5.41) is 24.0. The number of nitro benzene ring substituents is 1. The minimum atomic E-state index is -0.443. The maximum absolute atomic E-state index is 11.0. The van der Waals surface area contributed by atoms with E-state index in [4.69, 9.17) is 11.6 Å². The summed E-state index contributed by atoms with van der Waals surface area (Å²) in [6.45, 7) is 4.18. The van der Waals surface area contributed by atoms with E-state index in [2.05, 4.69) is 5.32 Å². The fraction of sp³-hybridized carbons (Fsp3) is 0.538. The zero-order valence-electron chi connectivity index (χ0n) is 11.1. The lowest BCUT2D eigenvalue weighted by Crippen LogP contribution is -2.47. The van der Waals surface area contributed by atoms with Crippen LogP contribution in [0.4, 0.5) is 5.69 Å². The number of nitro groups is 1. The van der Waals surface area contributed by atoms with E-state index in [9.17, 15) is 15.2 Å². The van der Waals surface area contributed by atoms with Gasteiger partial charge in [0.2, 0.25) is 0 Å². The smallest absolute Gasteiger partial charge is 0.275 e. The first-order valence-corrected chi connectivity index (χ1v) is 6.65. The molecule has 0 fully saturated rings. The first-order valence-electron chi connectivity index (χ1n) is 6.27. The van der Waals surface area contributed by atoms with Gasteiger partial charge >= 0.3 is 0 Å². The second-order valence-electron chi connectivity index (χ2n) is 4.49. The summed E-state index contributed by atoms with van der Waals surface area (Å²) in [7, 11) is 0. The molecule has 2 N–H and O–H groups in total. The number of nitrogens with one attached hydrogen (secondary N) is 1. The highest BCUT2D eigenvalue weighted by molar-refractivity contribution is 6.31. The molecule has 0 aromatic heterocycles. The normalized spacial score (nSPS) is 11.6. The lowest BCUT2D eigenvalue weighted by atomic mass is 9.93. The van der Waals surface area contributed by atoms with Crippen molar-refractivity contribution in [3.05, 3.63) is 38.9 Å². The number of aliphatic hydroxyl groups excluding tert-OH is 1. The molecule has 0 atom stereocenters. The van der Waals surface area contributed by atoms with Gasteiger partial charge in [-0.3, -0.25) is 10.1 Å². The summed E-state index contributed by atoms with van der Waals surface area (Å²) in [6.07, 6.45) is 1.47. The van der Waals surface area contributed by atoms with Crippen molar-refractivity contribution in [2.24, 2.45) is 0 Å². The lowest BCUT2D eigenvalue weighted by molar-refractivity contribution is -0.385. The SMILES string of the molecule is CCC(CC)(CO)NCc1c(Cl)cccc1[N+](=O)[O-]. The Balaban J connectivity index is 2.97. The molecule has 0 saturated heterocycles. The molecule has 0 amide bonds. The third-order valence-electron chi connectivity index (χ3n) is 3.59. The largest absolute Gasteiger partial charge is 0.394 e. The predicted octanol–water partition coefficient (Wildman–Crippen LogP) is 2.89. The summed E-state index contributed by atoms with van der Waals surface area (Å²) >= 11 is 6.02. The Kier molecular flexibility index (Phi) is 5.72. The average Bonchev–Trinajstić information content (AvgIpc) is 2.42. The summed E-state index contributed by atoms with van der Waals surface area (Å²) in [4.78, 5) is 10.5. The Hall–Kier alpha value is -1.17.